The smallest absolute Gasteiger partial charge is 0.408 e. The highest BCUT2D eigenvalue weighted by Gasteiger charge is 2.27. The average Bonchev–Trinajstić information content (AvgIpc) is 2.71. The summed E-state index contributed by atoms with van der Waals surface area (Å²) in [6, 6.07) is 15.5. The largest absolute Gasteiger partial charge is 0.454 e. The van der Waals surface area contributed by atoms with Gasteiger partial charge in [0.25, 0.3) is 5.91 Å². The number of hydrogen-bond donors (Lipinski definition) is 2. The van der Waals surface area contributed by atoms with Gasteiger partial charge >= 0.3 is 12.1 Å². The van der Waals surface area contributed by atoms with Crippen LogP contribution in [-0.4, -0.2) is 30.6 Å². The third-order valence-corrected chi connectivity index (χ3v) is 4.09. The Morgan fingerprint density at radius 2 is 1.59 bits per heavy atom. The second kappa shape index (κ2) is 10.8. The highest BCUT2D eigenvalue weighted by Crippen LogP contribution is 2.09. The molecule has 0 saturated carbocycles. The number of benzene rings is 2. The minimum absolute atomic E-state index is 0.0888. The van der Waals surface area contributed by atoms with E-state index < -0.39 is 30.6 Å². The minimum atomic E-state index is -0.926. The van der Waals surface area contributed by atoms with E-state index in [0.717, 1.165) is 11.1 Å². The second-order valence-corrected chi connectivity index (χ2v) is 6.95. The fourth-order valence-corrected chi connectivity index (χ4v) is 2.45. The van der Waals surface area contributed by atoms with Crippen LogP contribution in [0.1, 0.15) is 25.0 Å². The maximum absolute atomic E-state index is 12.3. The number of alkyl carbamates (subject to hydrolysis) is 1. The summed E-state index contributed by atoms with van der Waals surface area (Å²) in [5.41, 5.74) is 2.51. The van der Waals surface area contributed by atoms with Gasteiger partial charge in [-0.3, -0.25) is 4.79 Å². The Morgan fingerprint density at radius 1 is 0.931 bits per heavy atom. The highest BCUT2D eigenvalue weighted by molar-refractivity contribution is 5.93. The van der Waals surface area contributed by atoms with Gasteiger partial charge < -0.3 is 20.1 Å². The van der Waals surface area contributed by atoms with Gasteiger partial charge in [-0.1, -0.05) is 61.9 Å². The van der Waals surface area contributed by atoms with Crippen molar-refractivity contribution < 1.29 is 23.9 Å². The predicted molar refractivity (Wildman–Crippen MR) is 109 cm³/mol. The summed E-state index contributed by atoms with van der Waals surface area (Å²) in [6.45, 7) is 5.10. The van der Waals surface area contributed by atoms with E-state index in [4.69, 9.17) is 9.47 Å². The number of aryl methyl sites for hydroxylation is 1. The van der Waals surface area contributed by atoms with E-state index >= 15 is 0 Å². The molecule has 0 heterocycles. The summed E-state index contributed by atoms with van der Waals surface area (Å²) in [5, 5.41) is 5.14. The number of nitrogens with one attached hydrogen (secondary N) is 2. The molecule has 7 nitrogen and oxygen atoms in total. The van der Waals surface area contributed by atoms with Gasteiger partial charge in [0.2, 0.25) is 0 Å². The minimum Gasteiger partial charge on any atom is -0.454 e. The summed E-state index contributed by atoms with van der Waals surface area (Å²) in [4.78, 5) is 36.3. The van der Waals surface area contributed by atoms with Gasteiger partial charge in [-0.2, -0.15) is 0 Å². The summed E-state index contributed by atoms with van der Waals surface area (Å²) >= 11 is 0. The third kappa shape index (κ3) is 7.65. The Morgan fingerprint density at radius 3 is 2.21 bits per heavy atom. The zero-order valence-corrected chi connectivity index (χ0v) is 16.8. The summed E-state index contributed by atoms with van der Waals surface area (Å²) in [6.07, 6.45) is -0.728. The van der Waals surface area contributed by atoms with E-state index in [9.17, 15) is 14.4 Å². The number of carbonyl (C=O) groups excluding carboxylic acids is 3. The lowest BCUT2D eigenvalue weighted by molar-refractivity contribution is -0.150. The predicted octanol–water partition coefficient (Wildman–Crippen LogP) is 3.43. The standard InChI is InChI=1S/C22H26N2O5/c1-15(2)20(24-22(27)29-13-17-7-5-4-6-8-17)21(26)28-14-19(25)23-18-11-9-16(3)10-12-18/h4-12,15,20H,13-14H2,1-3H3,(H,23,25)(H,24,27)/t20-/m0/s1. The van der Waals surface area contributed by atoms with Gasteiger partial charge in [0.05, 0.1) is 0 Å². The van der Waals surface area contributed by atoms with Crippen LogP contribution in [0.5, 0.6) is 0 Å². The molecule has 0 aromatic heterocycles. The monoisotopic (exact) mass is 398 g/mol. The third-order valence-electron chi connectivity index (χ3n) is 4.09. The summed E-state index contributed by atoms with van der Waals surface area (Å²) < 4.78 is 10.2. The first-order valence-corrected chi connectivity index (χ1v) is 9.35. The van der Waals surface area contributed by atoms with Crippen LogP contribution < -0.4 is 10.6 Å². The van der Waals surface area contributed by atoms with Crippen molar-refractivity contribution in [1.82, 2.24) is 5.32 Å². The molecule has 2 N–H and O–H groups in total. The molecule has 154 valence electrons. The van der Waals surface area contributed by atoms with Crippen molar-refractivity contribution >= 4 is 23.7 Å². The van der Waals surface area contributed by atoms with Gasteiger partial charge in [0, 0.05) is 5.69 Å². The lowest BCUT2D eigenvalue weighted by atomic mass is 10.1. The molecule has 0 radical (unpaired) electrons. The molecule has 0 aliphatic carbocycles. The van der Waals surface area contributed by atoms with E-state index in [1.54, 1.807) is 26.0 Å². The van der Waals surface area contributed by atoms with Gasteiger partial charge in [-0.15, -0.1) is 0 Å². The molecular formula is C22H26N2O5. The van der Waals surface area contributed by atoms with E-state index in [1.165, 1.54) is 0 Å². The summed E-state index contributed by atoms with van der Waals surface area (Å²) in [7, 11) is 0. The topological polar surface area (TPSA) is 93.7 Å². The van der Waals surface area contributed by atoms with Crippen molar-refractivity contribution in [2.75, 3.05) is 11.9 Å². The Balaban J connectivity index is 1.80. The number of hydrogen-bond acceptors (Lipinski definition) is 5. The van der Waals surface area contributed by atoms with Crippen molar-refractivity contribution in [2.45, 2.75) is 33.4 Å². The first-order chi connectivity index (χ1) is 13.8. The molecule has 2 amide bonds. The molecular weight excluding hydrogens is 372 g/mol. The van der Waals surface area contributed by atoms with Crippen LogP contribution in [0.2, 0.25) is 0 Å². The zero-order chi connectivity index (χ0) is 21.2. The number of amides is 2. The van der Waals surface area contributed by atoms with E-state index in [-0.39, 0.29) is 12.5 Å². The van der Waals surface area contributed by atoms with E-state index in [2.05, 4.69) is 10.6 Å². The molecule has 0 bridgehead atoms. The van der Waals surface area contributed by atoms with Gasteiger partial charge in [0.15, 0.2) is 6.61 Å². The van der Waals surface area contributed by atoms with Crippen molar-refractivity contribution in [3.63, 3.8) is 0 Å². The SMILES string of the molecule is Cc1ccc(NC(=O)COC(=O)[C@@H](NC(=O)OCc2ccccc2)C(C)C)cc1. The first kappa shape index (κ1) is 21.9. The van der Waals surface area contributed by atoms with Gasteiger partial charge in [-0.25, -0.2) is 9.59 Å². The van der Waals surface area contributed by atoms with E-state index in [1.807, 2.05) is 49.4 Å². The van der Waals surface area contributed by atoms with E-state index in [0.29, 0.717) is 5.69 Å². The van der Waals surface area contributed by atoms with Crippen LogP contribution in [0.15, 0.2) is 54.6 Å². The molecule has 2 rings (SSSR count). The van der Waals surface area contributed by atoms with Gasteiger partial charge in [0.1, 0.15) is 12.6 Å². The number of anilines is 1. The molecule has 2 aromatic carbocycles. The molecule has 0 fully saturated rings. The molecule has 0 aliphatic rings. The number of ether oxygens (including phenoxy) is 2. The van der Waals surface area contributed by atoms with Crippen LogP contribution in [0.3, 0.4) is 0 Å². The molecule has 0 aliphatic heterocycles. The Bertz CT molecular complexity index is 819. The molecule has 2 aromatic rings. The molecule has 0 spiro atoms. The highest BCUT2D eigenvalue weighted by atomic mass is 16.6. The molecule has 1 atom stereocenters. The van der Waals surface area contributed by atoms with Crippen LogP contribution in [0, 0.1) is 12.8 Å². The molecule has 0 saturated heterocycles. The molecule has 7 heteroatoms. The van der Waals surface area contributed by atoms with Crippen LogP contribution in [0.25, 0.3) is 0 Å². The second-order valence-electron chi connectivity index (χ2n) is 6.95. The summed E-state index contributed by atoms with van der Waals surface area (Å²) in [5.74, 6) is -1.40. The number of rotatable bonds is 8. The van der Waals surface area contributed by atoms with Crippen molar-refractivity contribution in [3.8, 4) is 0 Å². The van der Waals surface area contributed by atoms with Crippen LogP contribution in [0.4, 0.5) is 10.5 Å². The van der Waals surface area contributed by atoms with Crippen LogP contribution in [-0.2, 0) is 25.7 Å². The Labute approximate surface area is 170 Å². The zero-order valence-electron chi connectivity index (χ0n) is 16.8. The maximum Gasteiger partial charge on any atom is 0.408 e. The van der Waals surface area contributed by atoms with Crippen LogP contribution >= 0.6 is 0 Å². The molecule has 29 heavy (non-hydrogen) atoms. The van der Waals surface area contributed by atoms with Gasteiger partial charge in [-0.05, 0) is 30.5 Å². The normalized spacial score (nSPS) is 11.4. The fraction of sp³-hybridized carbons (Fsp3) is 0.318. The maximum atomic E-state index is 12.3. The Hall–Kier alpha value is -3.35. The quantitative estimate of drug-likeness (QED) is 0.665. The van der Waals surface area contributed by atoms with Crippen molar-refractivity contribution in [3.05, 3.63) is 65.7 Å². The van der Waals surface area contributed by atoms with Crippen molar-refractivity contribution in [2.24, 2.45) is 5.92 Å². The lowest BCUT2D eigenvalue weighted by Crippen LogP contribution is -2.46. The molecule has 0 unspecified atom stereocenters. The average molecular weight is 398 g/mol. The van der Waals surface area contributed by atoms with Crippen molar-refractivity contribution in [1.29, 1.82) is 0 Å². The first-order valence-electron chi connectivity index (χ1n) is 9.35. The fourth-order valence-electron chi connectivity index (χ4n) is 2.45. The number of esters is 1. The number of carbonyl (C=O) groups is 3. The lowest BCUT2D eigenvalue weighted by Gasteiger charge is -2.20. The Kier molecular flexibility index (Phi) is 8.21.